The topological polar surface area (TPSA) is 0 Å². The molecule has 8 aromatic rings. The van der Waals surface area contributed by atoms with Gasteiger partial charge in [-0.1, -0.05) is 162 Å². The molecule has 2 aliphatic rings. The lowest BCUT2D eigenvalue weighted by molar-refractivity contribution is 0.590. The minimum absolute atomic E-state index is 0.0957. The Morgan fingerprint density at radius 1 is 0.373 bits per heavy atom. The highest BCUT2D eigenvalue weighted by atomic mass is 14.4. The molecule has 8 aromatic carbocycles. The molecule has 0 saturated heterocycles. The van der Waals surface area contributed by atoms with E-state index in [1.54, 1.807) is 0 Å². The lowest BCUT2D eigenvalue weighted by atomic mass is 9.80. The molecule has 0 amide bonds. The van der Waals surface area contributed by atoms with Crippen LogP contribution in [0.1, 0.15) is 51.3 Å². The van der Waals surface area contributed by atoms with E-state index in [0.717, 1.165) is 0 Å². The molecule has 0 heteroatoms. The van der Waals surface area contributed by atoms with Crippen LogP contribution in [0.3, 0.4) is 0 Å². The van der Waals surface area contributed by atoms with E-state index >= 15 is 0 Å². The Kier molecular flexibility index (Phi) is 6.29. The lowest BCUT2D eigenvalue weighted by Gasteiger charge is -2.23. The maximum Gasteiger partial charge on any atom is 0.0159 e. The van der Waals surface area contributed by atoms with Gasteiger partial charge in [0.2, 0.25) is 0 Å². The summed E-state index contributed by atoms with van der Waals surface area (Å²) in [4.78, 5) is 0. The average molecular weight is 653 g/mol. The van der Waals surface area contributed by atoms with E-state index in [-0.39, 0.29) is 10.8 Å². The molecule has 2 aliphatic carbocycles. The zero-order valence-electron chi connectivity index (χ0n) is 29.9. The third-order valence-electron chi connectivity index (χ3n) is 11.8. The van der Waals surface area contributed by atoms with Crippen molar-refractivity contribution in [3.05, 3.63) is 168 Å². The first kappa shape index (κ1) is 30.1. The fraction of sp³-hybridized carbons (Fsp3) is 0.137. The molecule has 51 heavy (non-hydrogen) atoms. The first-order valence-corrected chi connectivity index (χ1v) is 18.3. The van der Waals surface area contributed by atoms with Crippen LogP contribution in [-0.4, -0.2) is 0 Å². The van der Waals surface area contributed by atoms with Crippen molar-refractivity contribution in [2.45, 2.75) is 45.4 Å². The van der Waals surface area contributed by atoms with Crippen LogP contribution in [0, 0.1) is 0 Å². The molecule has 0 heterocycles. The molecule has 0 aliphatic heterocycles. The van der Waals surface area contributed by atoms with E-state index in [4.69, 9.17) is 0 Å². The zero-order chi connectivity index (χ0) is 34.6. The molecule has 0 unspecified atom stereocenters. The second-order valence-electron chi connectivity index (χ2n) is 16.2. The van der Waals surface area contributed by atoms with Crippen LogP contribution in [0.2, 0.25) is 0 Å². The van der Waals surface area contributed by atoms with Crippen molar-refractivity contribution in [3.63, 3.8) is 0 Å². The predicted molar refractivity (Wildman–Crippen MR) is 218 cm³/mol. The third-order valence-corrected chi connectivity index (χ3v) is 11.8. The predicted octanol–water partition coefficient (Wildman–Crippen LogP) is 14.2. The van der Waals surface area contributed by atoms with Gasteiger partial charge in [0.25, 0.3) is 0 Å². The summed E-state index contributed by atoms with van der Waals surface area (Å²) in [6.07, 6.45) is 0. The maximum atomic E-state index is 2.44. The van der Waals surface area contributed by atoms with Crippen LogP contribution in [0.4, 0.5) is 0 Å². The Morgan fingerprint density at radius 2 is 0.863 bits per heavy atom. The molecule has 0 N–H and O–H groups in total. The highest BCUT2D eigenvalue weighted by Crippen LogP contribution is 2.52. The first-order chi connectivity index (χ1) is 24.6. The molecule has 0 aromatic heterocycles. The monoisotopic (exact) mass is 652 g/mol. The molecule has 0 atom stereocenters. The van der Waals surface area contributed by atoms with Gasteiger partial charge in [-0.3, -0.25) is 0 Å². The van der Waals surface area contributed by atoms with Gasteiger partial charge >= 0.3 is 0 Å². The minimum Gasteiger partial charge on any atom is -0.0616 e. The van der Waals surface area contributed by atoms with E-state index < -0.39 is 0 Å². The van der Waals surface area contributed by atoms with E-state index in [1.165, 1.54) is 105 Å². The van der Waals surface area contributed by atoms with E-state index in [0.29, 0.717) is 0 Å². The van der Waals surface area contributed by atoms with Gasteiger partial charge in [-0.2, -0.15) is 0 Å². The number of benzene rings is 8. The van der Waals surface area contributed by atoms with Crippen molar-refractivity contribution in [1.82, 2.24) is 0 Å². The standard InChI is InChI=1S/C51H40/c1-50(2,3)38-21-17-31(18-22-38)34-19-23-42-43-24-20-35(30-48(43)51(4,5)47(42)29-34)33-15-13-32-14-16-36(28-37(32)27-33)39-25-26-46-41-10-7-6-9-40(41)45-12-8-11-44(39)49(45)46/h6-30H,1-5H3. The molecule has 0 radical (unpaired) electrons. The normalized spacial score (nSPS) is 13.7. The Morgan fingerprint density at radius 3 is 1.53 bits per heavy atom. The van der Waals surface area contributed by atoms with Crippen LogP contribution < -0.4 is 0 Å². The average Bonchev–Trinajstić information content (AvgIpc) is 3.60. The molecule has 244 valence electrons. The van der Waals surface area contributed by atoms with Gasteiger partial charge in [-0.15, -0.1) is 0 Å². The molecule has 0 bridgehead atoms. The molecule has 10 rings (SSSR count). The Balaban J connectivity index is 1.01. The van der Waals surface area contributed by atoms with Crippen LogP contribution in [0.5, 0.6) is 0 Å². The Bertz CT molecular complexity index is 2700. The summed E-state index contributed by atoms with van der Waals surface area (Å²) in [6.45, 7) is 11.6. The van der Waals surface area contributed by atoms with Crippen LogP contribution >= 0.6 is 0 Å². The van der Waals surface area contributed by atoms with Gasteiger partial charge < -0.3 is 0 Å². The molecule has 0 nitrogen and oxygen atoms in total. The van der Waals surface area contributed by atoms with Gasteiger partial charge in [-0.05, 0) is 135 Å². The molecular weight excluding hydrogens is 613 g/mol. The third kappa shape index (κ3) is 4.52. The second-order valence-corrected chi connectivity index (χ2v) is 16.2. The SMILES string of the molecule is CC(C)(C)c1ccc(-c2ccc3c(c2)C(C)(C)c2cc(-c4ccc5ccc(-c6ccc7c8c(cccc68)-c6ccccc6-7)cc5c4)ccc2-3)cc1. The summed E-state index contributed by atoms with van der Waals surface area (Å²) in [7, 11) is 0. The summed E-state index contributed by atoms with van der Waals surface area (Å²) >= 11 is 0. The van der Waals surface area contributed by atoms with Gasteiger partial charge in [0.05, 0.1) is 0 Å². The summed E-state index contributed by atoms with van der Waals surface area (Å²) in [5, 5.41) is 5.22. The van der Waals surface area contributed by atoms with Crippen molar-refractivity contribution >= 4 is 21.5 Å². The highest BCUT2D eigenvalue weighted by molar-refractivity contribution is 6.18. The first-order valence-electron chi connectivity index (χ1n) is 18.3. The lowest BCUT2D eigenvalue weighted by Crippen LogP contribution is -2.15. The molecule has 0 spiro atoms. The number of rotatable bonds is 3. The van der Waals surface area contributed by atoms with E-state index in [9.17, 15) is 0 Å². The van der Waals surface area contributed by atoms with Gasteiger partial charge in [0.1, 0.15) is 0 Å². The fourth-order valence-electron chi connectivity index (χ4n) is 8.91. The molecule has 0 fully saturated rings. The fourth-order valence-corrected chi connectivity index (χ4v) is 8.91. The maximum absolute atomic E-state index is 2.44. The second kappa shape index (κ2) is 10.6. The largest absolute Gasteiger partial charge is 0.0616 e. The van der Waals surface area contributed by atoms with Gasteiger partial charge in [0, 0.05) is 5.41 Å². The Hall–Kier alpha value is -5.72. The van der Waals surface area contributed by atoms with Crippen molar-refractivity contribution in [2.75, 3.05) is 0 Å². The summed E-state index contributed by atoms with van der Waals surface area (Å²) < 4.78 is 0. The minimum atomic E-state index is -0.0957. The summed E-state index contributed by atoms with van der Waals surface area (Å²) in [5.74, 6) is 0. The number of fused-ring (bicyclic) bond motifs is 7. The van der Waals surface area contributed by atoms with Crippen LogP contribution in [0.25, 0.3) is 88.3 Å². The number of hydrogen-bond acceptors (Lipinski definition) is 0. The number of hydrogen-bond donors (Lipinski definition) is 0. The highest BCUT2D eigenvalue weighted by Gasteiger charge is 2.36. The van der Waals surface area contributed by atoms with Crippen LogP contribution in [-0.2, 0) is 10.8 Å². The van der Waals surface area contributed by atoms with Crippen molar-refractivity contribution < 1.29 is 0 Å². The quantitative estimate of drug-likeness (QED) is 0.178. The van der Waals surface area contributed by atoms with Crippen molar-refractivity contribution in [1.29, 1.82) is 0 Å². The summed E-state index contributed by atoms with van der Waals surface area (Å²) in [5.41, 5.74) is 19.9. The van der Waals surface area contributed by atoms with E-state index in [2.05, 4.69) is 186 Å². The summed E-state index contributed by atoms with van der Waals surface area (Å²) in [6, 6.07) is 57.4. The van der Waals surface area contributed by atoms with Gasteiger partial charge in [-0.25, -0.2) is 0 Å². The molecule has 0 saturated carbocycles. The van der Waals surface area contributed by atoms with Crippen molar-refractivity contribution in [3.8, 4) is 66.8 Å². The van der Waals surface area contributed by atoms with Crippen LogP contribution in [0.15, 0.2) is 152 Å². The van der Waals surface area contributed by atoms with Gasteiger partial charge in [0.15, 0.2) is 0 Å². The van der Waals surface area contributed by atoms with E-state index in [1.807, 2.05) is 0 Å². The molecular formula is C51H40. The zero-order valence-corrected chi connectivity index (χ0v) is 29.9. The smallest absolute Gasteiger partial charge is 0.0159 e. The Labute approximate surface area is 301 Å². The van der Waals surface area contributed by atoms with Crippen molar-refractivity contribution in [2.24, 2.45) is 0 Å².